The van der Waals surface area contributed by atoms with Crippen LogP contribution >= 0.6 is 23.2 Å². The topological polar surface area (TPSA) is 45.7 Å². The summed E-state index contributed by atoms with van der Waals surface area (Å²) in [6.07, 6.45) is 0. The molecule has 2 rings (SSSR count). The Kier molecular flexibility index (Phi) is 5.83. The molecule has 3 N–H and O–H groups in total. The summed E-state index contributed by atoms with van der Waals surface area (Å²) < 4.78 is 0. The van der Waals surface area contributed by atoms with Crippen LogP contribution in [0.15, 0.2) is 42.5 Å². The predicted octanol–water partition coefficient (Wildman–Crippen LogP) is 3.56. The van der Waals surface area contributed by atoms with E-state index in [4.69, 9.17) is 23.2 Å². The molecule has 0 unspecified atom stereocenters. The fourth-order valence-electron chi connectivity index (χ4n) is 2.19. The summed E-state index contributed by atoms with van der Waals surface area (Å²) in [6.45, 7) is 4.28. The molecule has 2 aromatic carbocycles. The van der Waals surface area contributed by atoms with Crippen molar-refractivity contribution in [3.05, 3.63) is 63.6 Å². The number of hydrogen-bond donors (Lipinski definition) is 2. The number of anilines is 1. The Bertz CT molecular complexity index is 673. The van der Waals surface area contributed by atoms with E-state index in [-0.39, 0.29) is 11.9 Å². The van der Waals surface area contributed by atoms with E-state index in [2.05, 4.69) is 5.32 Å². The molecule has 5 heteroatoms. The number of rotatable bonds is 5. The first-order valence-electron chi connectivity index (χ1n) is 7.11. The van der Waals surface area contributed by atoms with Crippen molar-refractivity contribution in [3.63, 3.8) is 0 Å². The van der Waals surface area contributed by atoms with Gasteiger partial charge in [0.1, 0.15) is 6.04 Å². The minimum Gasteiger partial charge on any atom is -0.332 e. The van der Waals surface area contributed by atoms with Gasteiger partial charge in [-0.25, -0.2) is 0 Å². The van der Waals surface area contributed by atoms with E-state index >= 15 is 0 Å². The lowest BCUT2D eigenvalue weighted by atomic mass is 10.1. The molecule has 0 aliphatic heterocycles. The molecule has 1 amide bonds. The highest BCUT2D eigenvalue weighted by atomic mass is 35.5. The van der Waals surface area contributed by atoms with Gasteiger partial charge in [0.05, 0.1) is 0 Å². The number of carbonyl (C=O) groups excluding carboxylic acids is 1. The number of hydrogen-bond acceptors (Lipinski definition) is 1. The van der Waals surface area contributed by atoms with Crippen LogP contribution in [0, 0.1) is 6.92 Å². The highest BCUT2D eigenvalue weighted by Crippen LogP contribution is 2.20. The maximum absolute atomic E-state index is 12.1. The first-order valence-corrected chi connectivity index (χ1v) is 7.86. The van der Waals surface area contributed by atoms with Crippen molar-refractivity contribution in [1.29, 1.82) is 0 Å². The molecule has 116 valence electrons. The van der Waals surface area contributed by atoms with Gasteiger partial charge in [-0.15, -0.1) is 0 Å². The van der Waals surface area contributed by atoms with E-state index < -0.39 is 0 Å². The van der Waals surface area contributed by atoms with Crippen LogP contribution < -0.4 is 10.6 Å². The van der Waals surface area contributed by atoms with Crippen LogP contribution in [0.2, 0.25) is 10.0 Å². The molecule has 2 aromatic rings. The molecule has 0 fully saturated rings. The van der Waals surface area contributed by atoms with Crippen LogP contribution in [-0.4, -0.2) is 12.5 Å². The molecule has 0 aromatic heterocycles. The predicted molar refractivity (Wildman–Crippen MR) is 91.5 cm³/mol. The smallest absolute Gasteiger partial charge is 0.279 e. The third-order valence-corrected chi connectivity index (χ3v) is 4.11. The van der Waals surface area contributed by atoms with Crippen molar-refractivity contribution in [2.45, 2.75) is 19.9 Å². The van der Waals surface area contributed by atoms with E-state index in [0.717, 1.165) is 21.8 Å². The number of carbonyl (C=O) groups is 1. The summed E-state index contributed by atoms with van der Waals surface area (Å²) in [7, 11) is 0. The number of quaternary nitrogens is 1. The van der Waals surface area contributed by atoms with Gasteiger partial charge in [0, 0.05) is 21.3 Å². The Morgan fingerprint density at radius 1 is 1.23 bits per heavy atom. The quantitative estimate of drug-likeness (QED) is 0.860. The molecule has 0 heterocycles. The lowest BCUT2D eigenvalue weighted by molar-refractivity contribution is -0.682. The molecule has 0 saturated carbocycles. The van der Waals surface area contributed by atoms with Gasteiger partial charge in [0.15, 0.2) is 6.54 Å². The van der Waals surface area contributed by atoms with Crippen molar-refractivity contribution in [2.24, 2.45) is 0 Å². The molecule has 0 radical (unpaired) electrons. The summed E-state index contributed by atoms with van der Waals surface area (Å²) in [5, 5.41) is 6.17. The lowest BCUT2D eigenvalue weighted by Gasteiger charge is -2.13. The minimum atomic E-state index is -0.0655. The molecule has 22 heavy (non-hydrogen) atoms. The van der Waals surface area contributed by atoms with Crippen LogP contribution in [0.5, 0.6) is 0 Å². The zero-order chi connectivity index (χ0) is 16.1. The van der Waals surface area contributed by atoms with E-state index in [1.165, 1.54) is 0 Å². The normalized spacial score (nSPS) is 12.0. The summed E-state index contributed by atoms with van der Waals surface area (Å²) in [6, 6.07) is 13.2. The molecule has 0 bridgehead atoms. The second-order valence-corrected chi connectivity index (χ2v) is 6.10. The van der Waals surface area contributed by atoms with Gasteiger partial charge >= 0.3 is 0 Å². The number of nitrogens with one attached hydrogen (secondary N) is 1. The second kappa shape index (κ2) is 7.63. The largest absolute Gasteiger partial charge is 0.332 e. The molecular weight excluding hydrogens is 319 g/mol. The molecule has 0 aliphatic carbocycles. The van der Waals surface area contributed by atoms with Crippen LogP contribution in [0.25, 0.3) is 0 Å². The number of aryl methyl sites for hydroxylation is 1. The number of nitrogens with two attached hydrogens (primary N) is 1. The average Bonchev–Trinajstić information content (AvgIpc) is 2.49. The standard InChI is InChI=1S/C17H18Cl2N2O/c1-11-7-8-13(18)9-16(11)21-17(22)10-20-12(2)14-5-3-4-6-15(14)19/h3-9,12,20H,10H2,1-2H3,(H,21,22)/p+1/t12-/m1/s1. The third kappa shape index (κ3) is 4.47. The second-order valence-electron chi connectivity index (χ2n) is 5.26. The Morgan fingerprint density at radius 3 is 2.68 bits per heavy atom. The maximum atomic E-state index is 12.1. The highest BCUT2D eigenvalue weighted by molar-refractivity contribution is 6.31. The van der Waals surface area contributed by atoms with Crippen molar-refractivity contribution in [3.8, 4) is 0 Å². The maximum Gasteiger partial charge on any atom is 0.279 e. The van der Waals surface area contributed by atoms with Crippen LogP contribution in [-0.2, 0) is 4.79 Å². The van der Waals surface area contributed by atoms with Crippen LogP contribution in [0.3, 0.4) is 0 Å². The Hall–Kier alpha value is -1.55. The first-order chi connectivity index (χ1) is 10.5. The number of amides is 1. The minimum absolute atomic E-state index is 0.0655. The Labute approximate surface area is 140 Å². The van der Waals surface area contributed by atoms with Gasteiger partial charge in [-0.05, 0) is 37.6 Å². The van der Waals surface area contributed by atoms with Crippen molar-refractivity contribution in [2.75, 3.05) is 11.9 Å². The van der Waals surface area contributed by atoms with Gasteiger partial charge in [0.2, 0.25) is 0 Å². The Balaban J connectivity index is 1.93. The summed E-state index contributed by atoms with van der Waals surface area (Å²) in [4.78, 5) is 12.1. The van der Waals surface area contributed by atoms with Gasteiger partial charge in [-0.3, -0.25) is 4.79 Å². The molecule has 3 nitrogen and oxygen atoms in total. The summed E-state index contributed by atoms with van der Waals surface area (Å²) >= 11 is 12.1. The SMILES string of the molecule is Cc1ccc(Cl)cc1NC(=O)C[NH2+][C@H](C)c1ccccc1Cl. The average molecular weight is 338 g/mol. The first kappa shape index (κ1) is 16.8. The molecule has 0 aliphatic rings. The van der Waals surface area contributed by atoms with E-state index in [1.807, 2.05) is 49.5 Å². The molecule has 1 atom stereocenters. The van der Waals surface area contributed by atoms with E-state index in [9.17, 15) is 4.79 Å². The van der Waals surface area contributed by atoms with E-state index in [1.54, 1.807) is 12.1 Å². The van der Waals surface area contributed by atoms with Gasteiger partial charge in [0.25, 0.3) is 5.91 Å². The summed E-state index contributed by atoms with van der Waals surface area (Å²) in [5.74, 6) is -0.0655. The lowest BCUT2D eigenvalue weighted by Crippen LogP contribution is -2.86. The monoisotopic (exact) mass is 337 g/mol. The van der Waals surface area contributed by atoms with Crippen LogP contribution in [0.1, 0.15) is 24.1 Å². The van der Waals surface area contributed by atoms with Crippen molar-refractivity contribution in [1.82, 2.24) is 0 Å². The zero-order valence-corrected chi connectivity index (χ0v) is 14.1. The number of benzene rings is 2. The van der Waals surface area contributed by atoms with E-state index in [0.29, 0.717) is 11.6 Å². The molecule has 0 saturated heterocycles. The molecule has 0 spiro atoms. The summed E-state index contributed by atoms with van der Waals surface area (Å²) in [5.41, 5.74) is 2.75. The van der Waals surface area contributed by atoms with Crippen molar-refractivity contribution < 1.29 is 10.1 Å². The van der Waals surface area contributed by atoms with Gasteiger partial charge in [-0.1, -0.05) is 47.5 Å². The van der Waals surface area contributed by atoms with Crippen molar-refractivity contribution >= 4 is 34.8 Å². The van der Waals surface area contributed by atoms with Gasteiger partial charge < -0.3 is 10.6 Å². The fourth-order valence-corrected chi connectivity index (χ4v) is 2.67. The highest BCUT2D eigenvalue weighted by Gasteiger charge is 2.14. The fraction of sp³-hybridized carbons (Fsp3) is 0.235. The zero-order valence-electron chi connectivity index (χ0n) is 12.6. The third-order valence-electron chi connectivity index (χ3n) is 3.53. The Morgan fingerprint density at radius 2 is 1.95 bits per heavy atom. The number of halogens is 2. The molecular formula is C17H19Cl2N2O+. The van der Waals surface area contributed by atoms with Crippen LogP contribution in [0.4, 0.5) is 5.69 Å². The van der Waals surface area contributed by atoms with Gasteiger partial charge in [-0.2, -0.15) is 0 Å².